The van der Waals surface area contributed by atoms with Crippen molar-refractivity contribution >= 4 is 32.2 Å². The van der Waals surface area contributed by atoms with Crippen LogP contribution in [0.25, 0.3) is 0 Å². The van der Waals surface area contributed by atoms with E-state index in [-0.39, 0.29) is 16.4 Å². The molecule has 2 N–H and O–H groups in total. The van der Waals surface area contributed by atoms with Crippen LogP contribution >= 0.6 is 15.9 Å². The van der Waals surface area contributed by atoms with Gasteiger partial charge in [-0.25, -0.2) is 4.83 Å². The molecule has 0 spiro atoms. The number of rotatable bonds is 5. The van der Waals surface area contributed by atoms with Crippen molar-refractivity contribution in [3.63, 3.8) is 0 Å². The van der Waals surface area contributed by atoms with E-state index in [2.05, 4.69) is 25.9 Å². The van der Waals surface area contributed by atoms with E-state index in [1.165, 1.54) is 37.6 Å². The van der Waals surface area contributed by atoms with Crippen molar-refractivity contribution in [3.05, 3.63) is 52.5 Å². The Morgan fingerprint density at radius 3 is 2.55 bits per heavy atom. The number of ether oxygens (including phenoxy) is 1. The van der Waals surface area contributed by atoms with Gasteiger partial charge >= 0.3 is 0 Å². The highest BCUT2D eigenvalue weighted by Crippen LogP contribution is 2.25. The number of benzene rings is 2. The van der Waals surface area contributed by atoms with Crippen molar-refractivity contribution in [2.24, 2.45) is 5.10 Å². The smallest absolute Gasteiger partial charge is 0.276 e. The van der Waals surface area contributed by atoms with Gasteiger partial charge in [-0.05, 0) is 48.0 Å². The Bertz CT molecular complexity index is 789. The fourth-order valence-electron chi connectivity index (χ4n) is 1.61. The molecule has 0 saturated heterocycles. The summed E-state index contributed by atoms with van der Waals surface area (Å²) in [6, 6.07) is 10.7. The van der Waals surface area contributed by atoms with Crippen LogP contribution in [0.3, 0.4) is 0 Å². The second-order valence-corrected chi connectivity index (χ2v) is 6.81. The van der Waals surface area contributed by atoms with Crippen LogP contribution in [0.5, 0.6) is 11.5 Å². The summed E-state index contributed by atoms with van der Waals surface area (Å²) in [6.45, 7) is 0. The summed E-state index contributed by atoms with van der Waals surface area (Å²) in [4.78, 5) is 2.23. The van der Waals surface area contributed by atoms with Gasteiger partial charge in [0, 0.05) is 4.47 Å². The normalized spacial score (nSPS) is 11.5. The lowest BCUT2D eigenvalue weighted by Gasteiger charge is -2.04. The largest absolute Gasteiger partial charge is 0.504 e. The van der Waals surface area contributed by atoms with Crippen molar-refractivity contribution in [2.75, 3.05) is 7.11 Å². The van der Waals surface area contributed by atoms with E-state index in [0.29, 0.717) is 5.56 Å². The molecule has 6 nitrogen and oxygen atoms in total. The topological polar surface area (TPSA) is 88.0 Å². The standard InChI is InChI=1S/C14H13BrN2O4S/c1-21-14-8-10(2-7-13(14)18)9-16-17-22(19,20)12-5-3-11(15)4-6-12/h2-9,17-18H,1H3/b16-9+. The molecule has 0 bridgehead atoms. The third-order valence-corrected chi connectivity index (χ3v) is 4.48. The second-order valence-electron chi connectivity index (χ2n) is 4.24. The van der Waals surface area contributed by atoms with Gasteiger partial charge in [-0.3, -0.25) is 0 Å². The van der Waals surface area contributed by atoms with E-state index in [1.54, 1.807) is 18.2 Å². The third kappa shape index (κ3) is 3.99. The Labute approximate surface area is 136 Å². The third-order valence-electron chi connectivity index (χ3n) is 2.71. The highest BCUT2D eigenvalue weighted by atomic mass is 79.9. The Morgan fingerprint density at radius 1 is 1.23 bits per heavy atom. The summed E-state index contributed by atoms with van der Waals surface area (Å²) in [7, 11) is -2.30. The lowest BCUT2D eigenvalue weighted by atomic mass is 10.2. The molecule has 2 rings (SSSR count). The first-order valence-electron chi connectivity index (χ1n) is 6.10. The molecule has 22 heavy (non-hydrogen) atoms. The summed E-state index contributed by atoms with van der Waals surface area (Å²) in [5.41, 5.74) is 0.577. The number of aromatic hydroxyl groups is 1. The van der Waals surface area contributed by atoms with Crippen LogP contribution in [0.15, 0.2) is 56.9 Å². The van der Waals surface area contributed by atoms with E-state index < -0.39 is 10.0 Å². The Morgan fingerprint density at radius 2 is 1.91 bits per heavy atom. The SMILES string of the molecule is COc1cc(/C=N/NS(=O)(=O)c2ccc(Br)cc2)ccc1O. The van der Waals surface area contributed by atoms with Gasteiger partial charge in [0.1, 0.15) is 0 Å². The molecule has 2 aromatic rings. The van der Waals surface area contributed by atoms with Crippen molar-refractivity contribution in [2.45, 2.75) is 4.90 Å². The molecule has 0 saturated carbocycles. The fourth-order valence-corrected chi connectivity index (χ4v) is 2.67. The zero-order chi connectivity index (χ0) is 16.2. The van der Waals surface area contributed by atoms with Crippen molar-refractivity contribution in [1.29, 1.82) is 0 Å². The van der Waals surface area contributed by atoms with Crippen molar-refractivity contribution in [3.8, 4) is 11.5 Å². The fraction of sp³-hybridized carbons (Fsp3) is 0.0714. The summed E-state index contributed by atoms with van der Waals surface area (Å²) in [5.74, 6) is 0.273. The predicted molar refractivity (Wildman–Crippen MR) is 86.7 cm³/mol. The highest BCUT2D eigenvalue weighted by Gasteiger charge is 2.11. The van der Waals surface area contributed by atoms with Gasteiger partial charge in [-0.15, -0.1) is 0 Å². The van der Waals surface area contributed by atoms with Gasteiger partial charge in [-0.2, -0.15) is 13.5 Å². The van der Waals surface area contributed by atoms with Gasteiger partial charge < -0.3 is 9.84 Å². The van der Waals surface area contributed by atoms with Crippen LogP contribution in [-0.2, 0) is 10.0 Å². The molecule has 0 aliphatic heterocycles. The van der Waals surface area contributed by atoms with E-state index in [9.17, 15) is 13.5 Å². The van der Waals surface area contributed by atoms with E-state index in [4.69, 9.17) is 4.74 Å². The molecule has 116 valence electrons. The number of phenolic OH excluding ortho intramolecular Hbond substituents is 1. The number of hydrogen-bond donors (Lipinski definition) is 2. The van der Waals surface area contributed by atoms with Gasteiger partial charge in [0.25, 0.3) is 10.0 Å². The average Bonchev–Trinajstić information content (AvgIpc) is 2.49. The average molecular weight is 385 g/mol. The number of halogens is 1. The Hall–Kier alpha value is -2.06. The first-order chi connectivity index (χ1) is 10.4. The number of nitrogens with zero attached hydrogens (tertiary/aromatic N) is 1. The number of methoxy groups -OCH3 is 1. The second kappa shape index (κ2) is 6.80. The summed E-state index contributed by atoms with van der Waals surface area (Å²) in [6.07, 6.45) is 1.32. The number of sulfonamides is 1. The molecular weight excluding hydrogens is 372 g/mol. The maximum atomic E-state index is 12.0. The lowest BCUT2D eigenvalue weighted by Crippen LogP contribution is -2.18. The molecule has 0 heterocycles. The van der Waals surface area contributed by atoms with Crippen molar-refractivity contribution < 1.29 is 18.3 Å². The molecule has 0 aliphatic carbocycles. The molecule has 0 aromatic heterocycles. The maximum Gasteiger partial charge on any atom is 0.276 e. The number of phenols is 1. The molecule has 0 amide bonds. The van der Waals surface area contributed by atoms with Crippen LogP contribution in [0.2, 0.25) is 0 Å². The Balaban J connectivity index is 2.13. The van der Waals surface area contributed by atoms with Crippen LogP contribution in [0.1, 0.15) is 5.56 Å². The monoisotopic (exact) mass is 384 g/mol. The predicted octanol–water partition coefficient (Wildman–Crippen LogP) is 2.48. The van der Waals surface area contributed by atoms with Gasteiger partial charge in [0.15, 0.2) is 11.5 Å². The van der Waals surface area contributed by atoms with E-state index in [1.807, 2.05) is 0 Å². The minimum atomic E-state index is -3.72. The molecule has 0 atom stereocenters. The zero-order valence-electron chi connectivity index (χ0n) is 11.5. The molecule has 0 fully saturated rings. The summed E-state index contributed by atoms with van der Waals surface area (Å²) >= 11 is 3.24. The first kappa shape index (κ1) is 16.3. The zero-order valence-corrected chi connectivity index (χ0v) is 13.9. The van der Waals surface area contributed by atoms with Crippen molar-refractivity contribution in [1.82, 2.24) is 4.83 Å². The molecule has 0 unspecified atom stereocenters. The van der Waals surface area contributed by atoms with Crippen LogP contribution in [0.4, 0.5) is 0 Å². The number of hydrazone groups is 1. The highest BCUT2D eigenvalue weighted by molar-refractivity contribution is 9.10. The molecular formula is C14H13BrN2O4S. The quantitative estimate of drug-likeness (QED) is 0.612. The minimum Gasteiger partial charge on any atom is -0.504 e. The Kier molecular flexibility index (Phi) is 5.04. The number of hydrogen-bond acceptors (Lipinski definition) is 5. The van der Waals surface area contributed by atoms with Gasteiger partial charge in [0.05, 0.1) is 18.2 Å². The van der Waals surface area contributed by atoms with Gasteiger partial charge in [0.2, 0.25) is 0 Å². The molecule has 8 heteroatoms. The molecule has 0 radical (unpaired) electrons. The van der Waals surface area contributed by atoms with Gasteiger partial charge in [-0.1, -0.05) is 15.9 Å². The van der Waals surface area contributed by atoms with Crippen LogP contribution < -0.4 is 9.57 Å². The molecule has 0 aliphatic rings. The maximum absolute atomic E-state index is 12.0. The molecule has 2 aromatic carbocycles. The summed E-state index contributed by atoms with van der Waals surface area (Å²) in [5, 5.41) is 13.2. The van der Waals surface area contributed by atoms with Crippen LogP contribution in [-0.4, -0.2) is 26.8 Å². The van der Waals surface area contributed by atoms with Crippen LogP contribution in [0, 0.1) is 0 Å². The minimum absolute atomic E-state index is 0.00454. The van der Waals surface area contributed by atoms with E-state index in [0.717, 1.165) is 4.47 Å². The number of nitrogens with one attached hydrogen (secondary N) is 1. The lowest BCUT2D eigenvalue weighted by molar-refractivity contribution is 0.373. The summed E-state index contributed by atoms with van der Waals surface area (Å²) < 4.78 is 29.8. The van der Waals surface area contributed by atoms with E-state index >= 15 is 0 Å². The first-order valence-corrected chi connectivity index (χ1v) is 8.37.